The Morgan fingerprint density at radius 3 is 2.07 bits per heavy atom. The second-order valence-corrected chi connectivity index (χ2v) is 6.09. The summed E-state index contributed by atoms with van der Waals surface area (Å²) in [7, 11) is 3.20. The Morgan fingerprint density at radius 2 is 1.48 bits per heavy atom. The van der Waals surface area contributed by atoms with E-state index in [1.54, 1.807) is 19.1 Å². The number of carbonyl (C=O) groups excluding carboxylic acids is 2. The van der Waals surface area contributed by atoms with Crippen LogP contribution in [0.1, 0.15) is 24.5 Å². The molecule has 0 radical (unpaired) electrons. The van der Waals surface area contributed by atoms with Crippen LogP contribution in [0.5, 0.6) is 11.5 Å². The van der Waals surface area contributed by atoms with Crippen molar-refractivity contribution in [1.29, 1.82) is 0 Å². The van der Waals surface area contributed by atoms with E-state index in [9.17, 15) is 9.59 Å². The molecule has 1 N–H and O–H groups in total. The third-order valence-electron chi connectivity index (χ3n) is 4.28. The second-order valence-electron chi connectivity index (χ2n) is 6.09. The van der Waals surface area contributed by atoms with Crippen molar-refractivity contribution in [2.24, 2.45) is 0 Å². The molecule has 0 bridgehead atoms. The normalized spacial score (nSPS) is 10.2. The Balaban J connectivity index is 1.89. The summed E-state index contributed by atoms with van der Waals surface area (Å²) in [6.45, 7) is 2.63. The molecule has 6 heteroatoms. The van der Waals surface area contributed by atoms with Gasteiger partial charge in [0, 0.05) is 44.1 Å². The summed E-state index contributed by atoms with van der Waals surface area (Å²) in [5.41, 5.74) is 1.82. The lowest BCUT2D eigenvalue weighted by molar-refractivity contribution is -0.130. The van der Waals surface area contributed by atoms with Crippen molar-refractivity contribution in [1.82, 2.24) is 10.2 Å². The summed E-state index contributed by atoms with van der Waals surface area (Å²) in [5.74, 6) is 1.26. The number of ether oxygens (including phenoxy) is 2. The van der Waals surface area contributed by atoms with Crippen LogP contribution in [0.4, 0.5) is 0 Å². The van der Waals surface area contributed by atoms with Crippen LogP contribution in [0, 0.1) is 0 Å². The van der Waals surface area contributed by atoms with Crippen LogP contribution in [0.2, 0.25) is 0 Å². The summed E-state index contributed by atoms with van der Waals surface area (Å²) < 4.78 is 10.6. The first-order valence-electron chi connectivity index (χ1n) is 8.81. The number of hydrogen-bond acceptors (Lipinski definition) is 4. The van der Waals surface area contributed by atoms with Crippen molar-refractivity contribution in [2.75, 3.05) is 20.8 Å². The molecule has 27 heavy (non-hydrogen) atoms. The van der Waals surface area contributed by atoms with Gasteiger partial charge in [-0.15, -0.1) is 0 Å². The van der Waals surface area contributed by atoms with Gasteiger partial charge in [-0.25, -0.2) is 0 Å². The van der Waals surface area contributed by atoms with Gasteiger partial charge in [-0.3, -0.25) is 9.59 Å². The molecule has 0 atom stereocenters. The van der Waals surface area contributed by atoms with Gasteiger partial charge in [-0.2, -0.15) is 0 Å². The van der Waals surface area contributed by atoms with Crippen molar-refractivity contribution in [3.8, 4) is 11.5 Å². The fourth-order valence-electron chi connectivity index (χ4n) is 2.75. The third-order valence-corrected chi connectivity index (χ3v) is 4.28. The average Bonchev–Trinajstić information content (AvgIpc) is 2.69. The number of nitrogens with one attached hydrogen (secondary N) is 1. The van der Waals surface area contributed by atoms with E-state index in [0.29, 0.717) is 19.6 Å². The second kappa shape index (κ2) is 10.2. The van der Waals surface area contributed by atoms with Gasteiger partial charge in [0.25, 0.3) is 0 Å². The number of hydrogen-bond donors (Lipinski definition) is 1. The van der Waals surface area contributed by atoms with Crippen molar-refractivity contribution < 1.29 is 19.1 Å². The molecular weight excluding hydrogens is 344 g/mol. The maximum atomic E-state index is 12.2. The molecule has 0 saturated heterocycles. The van der Waals surface area contributed by atoms with Crippen molar-refractivity contribution >= 4 is 11.8 Å². The van der Waals surface area contributed by atoms with Crippen LogP contribution < -0.4 is 14.8 Å². The largest absolute Gasteiger partial charge is 0.496 e. The van der Waals surface area contributed by atoms with Crippen LogP contribution in [0.25, 0.3) is 0 Å². The molecule has 0 fully saturated rings. The van der Waals surface area contributed by atoms with Gasteiger partial charge in [0.2, 0.25) is 11.8 Å². The highest BCUT2D eigenvalue weighted by molar-refractivity contribution is 5.78. The van der Waals surface area contributed by atoms with Crippen LogP contribution in [0.15, 0.2) is 48.5 Å². The first-order valence-corrected chi connectivity index (χ1v) is 8.81. The number of benzene rings is 2. The smallest absolute Gasteiger partial charge is 0.222 e. The Kier molecular flexibility index (Phi) is 7.67. The van der Waals surface area contributed by atoms with Crippen molar-refractivity contribution in [2.45, 2.75) is 26.4 Å². The minimum Gasteiger partial charge on any atom is -0.496 e. The average molecular weight is 370 g/mol. The lowest BCUT2D eigenvalue weighted by Gasteiger charge is -2.22. The van der Waals surface area contributed by atoms with Crippen LogP contribution in [-0.2, 0) is 22.7 Å². The first kappa shape index (κ1) is 20.3. The third kappa shape index (κ3) is 6.02. The Bertz CT molecular complexity index is 776. The fourth-order valence-corrected chi connectivity index (χ4v) is 2.75. The predicted octanol–water partition coefficient (Wildman–Crippen LogP) is 2.76. The highest BCUT2D eigenvalue weighted by atomic mass is 16.5. The SMILES string of the molecule is COc1ccccc1CNC(=O)CCN(Cc1ccccc1OC)C(C)=O. The van der Waals surface area contributed by atoms with E-state index in [4.69, 9.17) is 9.47 Å². The number of rotatable bonds is 9. The summed E-state index contributed by atoms with van der Waals surface area (Å²) in [4.78, 5) is 25.8. The van der Waals surface area contributed by atoms with Gasteiger partial charge in [0.1, 0.15) is 11.5 Å². The monoisotopic (exact) mass is 370 g/mol. The quantitative estimate of drug-likeness (QED) is 0.737. The molecule has 0 aromatic heterocycles. The molecule has 0 heterocycles. The molecule has 2 amide bonds. The zero-order valence-electron chi connectivity index (χ0n) is 16.0. The summed E-state index contributed by atoms with van der Waals surface area (Å²) >= 11 is 0. The molecule has 0 aliphatic heterocycles. The minimum absolute atomic E-state index is 0.0848. The van der Waals surface area contributed by atoms with E-state index in [2.05, 4.69) is 5.32 Å². The van der Waals surface area contributed by atoms with E-state index in [1.165, 1.54) is 6.92 Å². The highest BCUT2D eigenvalue weighted by Gasteiger charge is 2.14. The molecule has 0 saturated carbocycles. The molecule has 2 rings (SSSR count). The zero-order valence-corrected chi connectivity index (χ0v) is 16.0. The van der Waals surface area contributed by atoms with E-state index in [-0.39, 0.29) is 18.2 Å². The standard InChI is InChI=1S/C21H26N2O4/c1-16(24)23(15-18-9-5-7-11-20(18)27-3)13-12-21(25)22-14-17-8-4-6-10-19(17)26-2/h4-11H,12-15H2,1-3H3,(H,22,25). The Hall–Kier alpha value is -3.02. The van der Waals surface area contributed by atoms with Gasteiger partial charge >= 0.3 is 0 Å². The Morgan fingerprint density at radius 1 is 0.926 bits per heavy atom. The number of carbonyl (C=O) groups is 2. The lowest BCUT2D eigenvalue weighted by atomic mass is 10.1. The Labute approximate surface area is 160 Å². The first-order chi connectivity index (χ1) is 13.0. The van der Waals surface area contributed by atoms with Crippen molar-refractivity contribution in [3.63, 3.8) is 0 Å². The van der Waals surface area contributed by atoms with E-state index in [0.717, 1.165) is 22.6 Å². The van der Waals surface area contributed by atoms with Crippen LogP contribution in [-0.4, -0.2) is 37.5 Å². The van der Waals surface area contributed by atoms with Gasteiger partial charge in [0.05, 0.1) is 14.2 Å². The molecule has 6 nitrogen and oxygen atoms in total. The number of para-hydroxylation sites is 2. The molecule has 0 unspecified atom stereocenters. The molecular formula is C21H26N2O4. The molecule has 0 aliphatic carbocycles. The van der Waals surface area contributed by atoms with Gasteiger partial charge in [-0.1, -0.05) is 36.4 Å². The maximum Gasteiger partial charge on any atom is 0.222 e. The van der Waals surface area contributed by atoms with Gasteiger partial charge in [0.15, 0.2) is 0 Å². The minimum atomic E-state index is -0.118. The highest BCUT2D eigenvalue weighted by Crippen LogP contribution is 2.19. The summed E-state index contributed by atoms with van der Waals surface area (Å²) in [6.07, 6.45) is 0.226. The lowest BCUT2D eigenvalue weighted by Crippen LogP contribution is -2.33. The topological polar surface area (TPSA) is 67.9 Å². The summed E-state index contributed by atoms with van der Waals surface area (Å²) in [6, 6.07) is 15.1. The maximum absolute atomic E-state index is 12.2. The zero-order chi connectivity index (χ0) is 19.6. The molecule has 0 spiro atoms. The van der Waals surface area contributed by atoms with Gasteiger partial charge < -0.3 is 19.7 Å². The molecule has 0 aliphatic rings. The van der Waals surface area contributed by atoms with Crippen molar-refractivity contribution in [3.05, 3.63) is 59.7 Å². The van der Waals surface area contributed by atoms with E-state index < -0.39 is 0 Å². The van der Waals surface area contributed by atoms with E-state index in [1.807, 2.05) is 48.5 Å². The number of nitrogens with zero attached hydrogens (tertiary/aromatic N) is 1. The number of methoxy groups -OCH3 is 2. The van der Waals surface area contributed by atoms with Gasteiger partial charge in [-0.05, 0) is 12.1 Å². The summed E-state index contributed by atoms with van der Waals surface area (Å²) in [5, 5.41) is 2.87. The van der Waals surface area contributed by atoms with Crippen LogP contribution >= 0.6 is 0 Å². The molecule has 2 aromatic rings. The van der Waals surface area contributed by atoms with E-state index >= 15 is 0 Å². The fraction of sp³-hybridized carbons (Fsp3) is 0.333. The van der Waals surface area contributed by atoms with Crippen LogP contribution in [0.3, 0.4) is 0 Å². The predicted molar refractivity (Wildman–Crippen MR) is 104 cm³/mol. The number of amides is 2. The molecule has 2 aromatic carbocycles. The molecule has 144 valence electrons.